The van der Waals surface area contributed by atoms with E-state index >= 15 is 0 Å². The molecule has 0 atom stereocenters. The predicted molar refractivity (Wildman–Crippen MR) is 63.0 cm³/mol. The van der Waals surface area contributed by atoms with Gasteiger partial charge < -0.3 is 19.3 Å². The van der Waals surface area contributed by atoms with Crippen molar-refractivity contribution in [2.24, 2.45) is 0 Å². The molecule has 0 aromatic heterocycles. The third-order valence-electron chi connectivity index (χ3n) is 2.08. The van der Waals surface area contributed by atoms with Crippen molar-refractivity contribution < 1.29 is 24.2 Å². The van der Waals surface area contributed by atoms with Gasteiger partial charge in [0.2, 0.25) is 0 Å². The number of nitro benzene ring substituents is 1. The van der Waals surface area contributed by atoms with Crippen LogP contribution in [0.3, 0.4) is 0 Å². The second-order valence-corrected chi connectivity index (χ2v) is 3.28. The highest BCUT2D eigenvalue weighted by Gasteiger charge is 2.11. The first-order chi connectivity index (χ1) is 8.69. The molecule has 0 fully saturated rings. The summed E-state index contributed by atoms with van der Waals surface area (Å²) in [7, 11) is 1.41. The van der Waals surface area contributed by atoms with Crippen LogP contribution in [0.1, 0.15) is 0 Å². The summed E-state index contributed by atoms with van der Waals surface area (Å²) >= 11 is 0. The maximum atomic E-state index is 10.6. The molecule has 0 heterocycles. The zero-order valence-electron chi connectivity index (χ0n) is 10.00. The normalized spacial score (nSPS) is 10.1. The molecule has 1 N–H and O–H groups in total. The van der Waals surface area contributed by atoms with E-state index in [0.29, 0.717) is 18.1 Å². The number of non-ortho nitro benzene ring substituents is 1. The van der Waals surface area contributed by atoms with E-state index in [1.807, 2.05) is 0 Å². The van der Waals surface area contributed by atoms with Gasteiger partial charge in [-0.25, -0.2) is 0 Å². The number of aliphatic hydroxyl groups is 1. The lowest BCUT2D eigenvalue weighted by molar-refractivity contribution is -0.384. The van der Waals surface area contributed by atoms with Crippen LogP contribution in [0.5, 0.6) is 11.5 Å². The van der Waals surface area contributed by atoms with Crippen LogP contribution >= 0.6 is 0 Å². The highest BCUT2D eigenvalue weighted by molar-refractivity contribution is 5.48. The maximum Gasteiger partial charge on any atom is 0.273 e. The van der Waals surface area contributed by atoms with Crippen LogP contribution in [0.2, 0.25) is 0 Å². The predicted octanol–water partition coefficient (Wildman–Crippen LogP) is 0.991. The molecule has 0 radical (unpaired) electrons. The lowest BCUT2D eigenvalue weighted by atomic mass is 10.3. The van der Waals surface area contributed by atoms with Gasteiger partial charge in [0.25, 0.3) is 5.69 Å². The molecule has 0 saturated heterocycles. The molecule has 1 rings (SSSR count). The first-order valence-electron chi connectivity index (χ1n) is 5.33. The minimum atomic E-state index is -0.503. The first kappa shape index (κ1) is 14.2. The van der Waals surface area contributed by atoms with Gasteiger partial charge in [0.15, 0.2) is 11.5 Å². The molecule has 1 aromatic rings. The summed E-state index contributed by atoms with van der Waals surface area (Å²) < 4.78 is 15.4. The molecule has 0 aliphatic carbocycles. The monoisotopic (exact) mass is 257 g/mol. The van der Waals surface area contributed by atoms with Crippen LogP contribution < -0.4 is 9.47 Å². The summed E-state index contributed by atoms with van der Waals surface area (Å²) in [5, 5.41) is 19.1. The maximum absolute atomic E-state index is 10.6. The number of rotatable bonds is 8. The molecule has 7 heteroatoms. The van der Waals surface area contributed by atoms with Gasteiger partial charge in [0.1, 0.15) is 6.61 Å². The second-order valence-electron chi connectivity index (χ2n) is 3.28. The van der Waals surface area contributed by atoms with E-state index in [-0.39, 0.29) is 25.5 Å². The molecule has 7 nitrogen and oxygen atoms in total. The Kier molecular flexibility index (Phi) is 5.89. The van der Waals surface area contributed by atoms with E-state index in [9.17, 15) is 10.1 Å². The second kappa shape index (κ2) is 7.46. The highest BCUT2D eigenvalue weighted by atomic mass is 16.6. The molecule has 1 aromatic carbocycles. The van der Waals surface area contributed by atoms with Crippen molar-refractivity contribution >= 4 is 5.69 Å². The van der Waals surface area contributed by atoms with Crippen molar-refractivity contribution in [3.8, 4) is 11.5 Å². The largest absolute Gasteiger partial charge is 0.493 e. The number of nitrogens with zero attached hydrogens (tertiary/aromatic N) is 1. The smallest absolute Gasteiger partial charge is 0.273 e. The molecular formula is C11H15NO6. The molecule has 0 unspecified atom stereocenters. The van der Waals surface area contributed by atoms with Gasteiger partial charge in [-0.15, -0.1) is 0 Å². The molecule has 0 saturated carbocycles. The number of aliphatic hydroxyl groups excluding tert-OH is 1. The molecule has 100 valence electrons. The van der Waals surface area contributed by atoms with Crippen molar-refractivity contribution in [3.05, 3.63) is 28.3 Å². The minimum absolute atomic E-state index is 0.0408. The van der Waals surface area contributed by atoms with E-state index in [1.165, 1.54) is 25.3 Å². The van der Waals surface area contributed by atoms with Gasteiger partial charge >= 0.3 is 0 Å². The number of methoxy groups -OCH3 is 1. The van der Waals surface area contributed by atoms with E-state index in [0.717, 1.165) is 0 Å². The van der Waals surface area contributed by atoms with Crippen molar-refractivity contribution in [1.29, 1.82) is 0 Å². The Bertz CT molecular complexity index is 395. The molecule has 18 heavy (non-hydrogen) atoms. The number of ether oxygens (including phenoxy) is 3. The molecule has 0 bridgehead atoms. The lowest BCUT2D eigenvalue weighted by Gasteiger charge is -2.10. The van der Waals surface area contributed by atoms with Gasteiger partial charge in [0, 0.05) is 6.07 Å². The van der Waals surface area contributed by atoms with Crippen LogP contribution in [0.4, 0.5) is 5.69 Å². The molecule has 0 spiro atoms. The fourth-order valence-electron chi connectivity index (χ4n) is 1.27. The fraction of sp³-hybridized carbons (Fsp3) is 0.455. The van der Waals surface area contributed by atoms with Crippen LogP contribution in [0.15, 0.2) is 18.2 Å². The standard InChI is InChI=1S/C11H15NO6/c1-16-11-8-9(12(14)15)2-3-10(11)18-7-6-17-5-4-13/h2-3,8,13H,4-7H2,1H3. The van der Waals surface area contributed by atoms with Crippen LogP contribution in [-0.4, -0.2) is 43.6 Å². The Balaban J connectivity index is 2.57. The third kappa shape index (κ3) is 4.19. The Morgan fingerprint density at radius 1 is 1.28 bits per heavy atom. The Morgan fingerprint density at radius 3 is 2.67 bits per heavy atom. The topological polar surface area (TPSA) is 91.1 Å². The Labute approximate surface area is 104 Å². The summed E-state index contributed by atoms with van der Waals surface area (Å²) in [6, 6.07) is 4.11. The van der Waals surface area contributed by atoms with E-state index in [2.05, 4.69) is 0 Å². The zero-order chi connectivity index (χ0) is 13.4. The fourth-order valence-corrected chi connectivity index (χ4v) is 1.27. The lowest BCUT2D eigenvalue weighted by Crippen LogP contribution is -2.09. The average molecular weight is 257 g/mol. The minimum Gasteiger partial charge on any atom is -0.493 e. The van der Waals surface area contributed by atoms with E-state index < -0.39 is 4.92 Å². The third-order valence-corrected chi connectivity index (χ3v) is 2.08. The average Bonchev–Trinajstić information content (AvgIpc) is 2.38. The summed E-state index contributed by atoms with van der Waals surface area (Å²) in [4.78, 5) is 10.1. The van der Waals surface area contributed by atoms with Crippen molar-refractivity contribution in [1.82, 2.24) is 0 Å². The Hall–Kier alpha value is -1.86. The molecule has 0 aliphatic rings. The number of hydrogen-bond donors (Lipinski definition) is 1. The van der Waals surface area contributed by atoms with Gasteiger partial charge in [-0.05, 0) is 6.07 Å². The SMILES string of the molecule is COc1cc([N+](=O)[O-])ccc1OCCOCCO. The first-order valence-corrected chi connectivity index (χ1v) is 5.33. The molecule has 0 aliphatic heterocycles. The summed E-state index contributed by atoms with van der Waals surface area (Å²) in [6.45, 7) is 0.802. The van der Waals surface area contributed by atoms with Gasteiger partial charge in [-0.1, -0.05) is 0 Å². The van der Waals surface area contributed by atoms with Crippen molar-refractivity contribution in [3.63, 3.8) is 0 Å². The highest BCUT2D eigenvalue weighted by Crippen LogP contribution is 2.30. The molecular weight excluding hydrogens is 242 g/mol. The number of benzene rings is 1. The van der Waals surface area contributed by atoms with E-state index in [4.69, 9.17) is 19.3 Å². The molecule has 0 amide bonds. The number of nitro groups is 1. The Morgan fingerprint density at radius 2 is 2.06 bits per heavy atom. The van der Waals surface area contributed by atoms with Gasteiger partial charge in [-0.3, -0.25) is 10.1 Å². The summed E-state index contributed by atoms with van der Waals surface area (Å²) in [5.74, 6) is 0.710. The van der Waals surface area contributed by atoms with Crippen molar-refractivity contribution in [2.75, 3.05) is 33.5 Å². The number of hydrogen-bond acceptors (Lipinski definition) is 6. The quantitative estimate of drug-likeness (QED) is 0.424. The van der Waals surface area contributed by atoms with E-state index in [1.54, 1.807) is 0 Å². The van der Waals surface area contributed by atoms with Gasteiger partial charge in [0.05, 0.1) is 37.9 Å². The van der Waals surface area contributed by atoms with Crippen LogP contribution in [0, 0.1) is 10.1 Å². The van der Waals surface area contributed by atoms with Crippen LogP contribution in [-0.2, 0) is 4.74 Å². The summed E-state index contributed by atoms with van der Waals surface area (Å²) in [5.41, 5.74) is -0.0595. The summed E-state index contributed by atoms with van der Waals surface area (Å²) in [6.07, 6.45) is 0. The zero-order valence-corrected chi connectivity index (χ0v) is 10.00. The van der Waals surface area contributed by atoms with Crippen molar-refractivity contribution in [2.45, 2.75) is 0 Å². The van der Waals surface area contributed by atoms with Crippen LogP contribution in [0.25, 0.3) is 0 Å². The van der Waals surface area contributed by atoms with Gasteiger partial charge in [-0.2, -0.15) is 0 Å².